The molecule has 4 nitrogen and oxygen atoms in total. The smallest absolute Gasteiger partial charge is 0.223 e. The van der Waals surface area contributed by atoms with Crippen LogP contribution in [-0.4, -0.2) is 27.5 Å². The van der Waals surface area contributed by atoms with Crippen molar-refractivity contribution in [2.75, 3.05) is 6.54 Å². The van der Waals surface area contributed by atoms with Gasteiger partial charge in [-0.1, -0.05) is 24.9 Å². The number of hydrogen-bond donors (Lipinski definition) is 0. The Bertz CT molecular complexity index is 379. The summed E-state index contributed by atoms with van der Waals surface area (Å²) in [7, 11) is 0. The fourth-order valence-corrected chi connectivity index (χ4v) is 2.00. The monoisotopic (exact) mass is 239 g/mol. The Balaban J connectivity index is 2.00. The summed E-state index contributed by atoms with van der Waals surface area (Å²) in [6.45, 7) is 3.49. The van der Waals surface area contributed by atoms with Gasteiger partial charge in [0.25, 0.3) is 0 Å². The van der Waals surface area contributed by atoms with Crippen LogP contribution >= 0.6 is 11.6 Å². The molecule has 0 spiro atoms. The van der Waals surface area contributed by atoms with Gasteiger partial charge in [-0.3, -0.25) is 4.79 Å². The van der Waals surface area contributed by atoms with Gasteiger partial charge in [-0.05, 0) is 18.1 Å². The van der Waals surface area contributed by atoms with E-state index in [-0.39, 0.29) is 5.91 Å². The predicted octanol–water partition coefficient (Wildman–Crippen LogP) is 1.89. The summed E-state index contributed by atoms with van der Waals surface area (Å²) < 4.78 is 0. The highest BCUT2D eigenvalue weighted by Gasteiger charge is 2.28. The van der Waals surface area contributed by atoms with Crippen molar-refractivity contribution in [2.24, 2.45) is 5.92 Å². The lowest BCUT2D eigenvalue weighted by atomic mass is 10.1. The molecule has 0 aromatic carbocycles. The lowest BCUT2D eigenvalue weighted by Crippen LogP contribution is -2.25. The van der Waals surface area contributed by atoms with E-state index >= 15 is 0 Å². The zero-order valence-corrected chi connectivity index (χ0v) is 9.94. The Hall–Kier alpha value is -1.16. The van der Waals surface area contributed by atoms with Gasteiger partial charge < -0.3 is 4.90 Å². The minimum Gasteiger partial charge on any atom is -0.336 e. The van der Waals surface area contributed by atoms with E-state index in [1.165, 1.54) is 0 Å². The van der Waals surface area contributed by atoms with E-state index in [9.17, 15) is 4.79 Å². The van der Waals surface area contributed by atoms with Crippen LogP contribution in [0, 0.1) is 5.92 Å². The van der Waals surface area contributed by atoms with Crippen LogP contribution in [-0.2, 0) is 11.3 Å². The maximum absolute atomic E-state index is 11.7. The Kier molecular flexibility index (Phi) is 3.39. The van der Waals surface area contributed by atoms with Crippen LogP contribution in [0.25, 0.3) is 0 Å². The lowest BCUT2D eigenvalue weighted by Gasteiger charge is -2.15. The standard InChI is InChI=1S/C11H14ClN3O/c1-2-8-5-11(16)15(6-8)7-9-3-4-10(12)14-13-9/h3-4,8H,2,5-7H2,1H3. The Morgan fingerprint density at radius 2 is 2.31 bits per heavy atom. The van der Waals surface area contributed by atoms with E-state index in [4.69, 9.17) is 11.6 Å². The third-order valence-electron chi connectivity index (χ3n) is 2.91. The number of rotatable bonds is 3. The van der Waals surface area contributed by atoms with E-state index < -0.39 is 0 Å². The Morgan fingerprint density at radius 3 is 2.88 bits per heavy atom. The first-order valence-corrected chi connectivity index (χ1v) is 5.82. The minimum absolute atomic E-state index is 0.212. The maximum atomic E-state index is 11.7. The maximum Gasteiger partial charge on any atom is 0.223 e. The summed E-state index contributed by atoms with van der Waals surface area (Å²) in [4.78, 5) is 13.5. The van der Waals surface area contributed by atoms with Gasteiger partial charge in [-0.25, -0.2) is 0 Å². The van der Waals surface area contributed by atoms with Crippen molar-refractivity contribution >= 4 is 17.5 Å². The number of carbonyl (C=O) groups excluding carboxylic acids is 1. The fraction of sp³-hybridized carbons (Fsp3) is 0.545. The quantitative estimate of drug-likeness (QED) is 0.809. The molecule has 1 amide bonds. The highest BCUT2D eigenvalue weighted by atomic mass is 35.5. The molecule has 0 N–H and O–H groups in total. The van der Waals surface area contributed by atoms with Crippen molar-refractivity contribution in [3.63, 3.8) is 0 Å². The molecule has 2 rings (SSSR count). The van der Waals surface area contributed by atoms with Gasteiger partial charge in [-0.2, -0.15) is 5.10 Å². The fourth-order valence-electron chi connectivity index (χ4n) is 1.90. The van der Waals surface area contributed by atoms with Gasteiger partial charge in [0.05, 0.1) is 12.2 Å². The van der Waals surface area contributed by atoms with Gasteiger partial charge >= 0.3 is 0 Å². The molecule has 0 aliphatic carbocycles. The Labute approximate surface area is 99.6 Å². The van der Waals surface area contributed by atoms with E-state index in [1.54, 1.807) is 6.07 Å². The van der Waals surface area contributed by atoms with Crippen molar-refractivity contribution in [1.82, 2.24) is 15.1 Å². The highest BCUT2D eigenvalue weighted by molar-refractivity contribution is 6.29. The molecular formula is C11H14ClN3O. The molecule has 0 saturated carbocycles. The zero-order valence-electron chi connectivity index (χ0n) is 9.19. The molecule has 1 unspecified atom stereocenters. The third kappa shape index (κ3) is 2.50. The number of carbonyl (C=O) groups is 1. The van der Waals surface area contributed by atoms with Crippen molar-refractivity contribution in [3.8, 4) is 0 Å². The molecule has 5 heteroatoms. The van der Waals surface area contributed by atoms with Gasteiger partial charge in [0.2, 0.25) is 5.91 Å². The molecule has 0 bridgehead atoms. The average Bonchev–Trinajstić information content (AvgIpc) is 2.63. The third-order valence-corrected chi connectivity index (χ3v) is 3.11. The number of likely N-dealkylation sites (tertiary alicyclic amines) is 1. The van der Waals surface area contributed by atoms with Crippen LogP contribution in [0.1, 0.15) is 25.5 Å². The molecule has 1 aliphatic rings. The predicted molar refractivity (Wildman–Crippen MR) is 60.9 cm³/mol. The molecule has 1 aliphatic heterocycles. The number of hydrogen-bond acceptors (Lipinski definition) is 3. The number of amides is 1. The summed E-state index contributed by atoms with van der Waals surface area (Å²) in [5, 5.41) is 8.09. The van der Waals surface area contributed by atoms with E-state index in [0.29, 0.717) is 24.0 Å². The molecule has 16 heavy (non-hydrogen) atoms. The molecule has 1 aromatic heterocycles. The minimum atomic E-state index is 0.212. The number of halogens is 1. The van der Waals surface area contributed by atoms with Crippen molar-refractivity contribution in [1.29, 1.82) is 0 Å². The summed E-state index contributed by atoms with van der Waals surface area (Å²) in [5.41, 5.74) is 0.787. The van der Waals surface area contributed by atoms with Crippen molar-refractivity contribution < 1.29 is 4.79 Å². The Morgan fingerprint density at radius 1 is 1.50 bits per heavy atom. The molecule has 1 fully saturated rings. The van der Waals surface area contributed by atoms with Gasteiger partial charge in [0.1, 0.15) is 0 Å². The second kappa shape index (κ2) is 4.78. The van der Waals surface area contributed by atoms with Crippen LogP contribution in [0.4, 0.5) is 0 Å². The van der Waals surface area contributed by atoms with Crippen LogP contribution in [0.15, 0.2) is 12.1 Å². The largest absolute Gasteiger partial charge is 0.336 e. The van der Waals surface area contributed by atoms with Gasteiger partial charge in [0, 0.05) is 13.0 Å². The van der Waals surface area contributed by atoms with Crippen molar-refractivity contribution in [3.05, 3.63) is 23.0 Å². The second-order valence-corrected chi connectivity index (χ2v) is 4.49. The van der Waals surface area contributed by atoms with E-state index in [0.717, 1.165) is 18.7 Å². The zero-order chi connectivity index (χ0) is 11.5. The molecule has 1 atom stereocenters. The first-order valence-electron chi connectivity index (χ1n) is 5.45. The lowest BCUT2D eigenvalue weighted by molar-refractivity contribution is -0.128. The van der Waals surface area contributed by atoms with E-state index in [2.05, 4.69) is 17.1 Å². The summed E-state index contributed by atoms with van der Waals surface area (Å²) in [5.74, 6) is 0.705. The number of nitrogens with zero attached hydrogens (tertiary/aromatic N) is 3. The van der Waals surface area contributed by atoms with Crippen LogP contribution in [0.2, 0.25) is 5.15 Å². The van der Waals surface area contributed by atoms with Gasteiger partial charge in [0.15, 0.2) is 5.15 Å². The van der Waals surface area contributed by atoms with Crippen molar-refractivity contribution in [2.45, 2.75) is 26.3 Å². The normalized spacial score (nSPS) is 20.5. The SMILES string of the molecule is CCC1CC(=O)N(Cc2ccc(Cl)nn2)C1. The van der Waals surface area contributed by atoms with E-state index in [1.807, 2.05) is 11.0 Å². The van der Waals surface area contributed by atoms with Crippen LogP contribution in [0.3, 0.4) is 0 Å². The molecular weight excluding hydrogens is 226 g/mol. The topological polar surface area (TPSA) is 46.1 Å². The first kappa shape index (κ1) is 11.3. The van der Waals surface area contributed by atoms with Crippen LogP contribution < -0.4 is 0 Å². The summed E-state index contributed by atoms with van der Waals surface area (Å²) in [6.07, 6.45) is 1.71. The molecule has 1 saturated heterocycles. The molecule has 1 aromatic rings. The summed E-state index contributed by atoms with van der Waals surface area (Å²) >= 11 is 5.65. The summed E-state index contributed by atoms with van der Waals surface area (Å²) in [6, 6.07) is 3.50. The molecule has 86 valence electrons. The highest BCUT2D eigenvalue weighted by Crippen LogP contribution is 2.21. The van der Waals surface area contributed by atoms with Gasteiger partial charge in [-0.15, -0.1) is 5.10 Å². The average molecular weight is 240 g/mol. The van der Waals surface area contributed by atoms with Crippen LogP contribution in [0.5, 0.6) is 0 Å². The number of aromatic nitrogens is 2. The molecule has 2 heterocycles. The molecule has 0 radical (unpaired) electrons. The first-order chi connectivity index (χ1) is 7.69. The second-order valence-electron chi connectivity index (χ2n) is 4.10.